The molecule has 18 heavy (non-hydrogen) atoms. The van der Waals surface area contributed by atoms with Crippen molar-refractivity contribution in [1.29, 1.82) is 0 Å². The first-order valence-corrected chi connectivity index (χ1v) is 6.30. The summed E-state index contributed by atoms with van der Waals surface area (Å²) in [6.07, 6.45) is 0.236. The Labute approximate surface area is 106 Å². The fourth-order valence-electron chi connectivity index (χ4n) is 1.88. The van der Waals surface area contributed by atoms with Crippen LogP contribution in [0.5, 0.6) is 0 Å². The minimum absolute atomic E-state index is 0.163. The monoisotopic (exact) mass is 259 g/mol. The highest BCUT2D eigenvalue weighted by molar-refractivity contribution is 5.82. The Hall–Kier alpha value is -1.14. The maximum absolute atomic E-state index is 11.8. The van der Waals surface area contributed by atoms with Gasteiger partial charge in [-0.2, -0.15) is 0 Å². The summed E-state index contributed by atoms with van der Waals surface area (Å²) >= 11 is 0. The molecule has 2 unspecified atom stereocenters. The maximum atomic E-state index is 11.8. The largest absolute Gasteiger partial charge is 0.479 e. The highest BCUT2D eigenvalue weighted by Gasteiger charge is 2.35. The molecule has 1 aliphatic rings. The van der Waals surface area contributed by atoms with Gasteiger partial charge in [-0.3, -0.25) is 4.79 Å². The molecule has 1 rings (SSSR count). The summed E-state index contributed by atoms with van der Waals surface area (Å²) in [6.45, 7) is 3.86. The van der Waals surface area contributed by atoms with E-state index in [1.54, 1.807) is 0 Å². The number of carboxylic acids is 1. The summed E-state index contributed by atoms with van der Waals surface area (Å²) in [5, 5.41) is 21.4. The zero-order chi connectivity index (χ0) is 13.8. The summed E-state index contributed by atoms with van der Waals surface area (Å²) in [5.41, 5.74) is -0.902. The number of carbonyl (C=O) groups is 2. The summed E-state index contributed by atoms with van der Waals surface area (Å²) < 4.78 is 5.12. The quantitative estimate of drug-likeness (QED) is 0.637. The molecule has 1 aliphatic heterocycles. The van der Waals surface area contributed by atoms with Crippen molar-refractivity contribution in [2.24, 2.45) is 0 Å². The highest BCUT2D eigenvalue weighted by Crippen LogP contribution is 2.20. The van der Waals surface area contributed by atoms with Crippen LogP contribution in [0.2, 0.25) is 0 Å². The van der Waals surface area contributed by atoms with Gasteiger partial charge in [0.15, 0.2) is 6.10 Å². The van der Waals surface area contributed by atoms with Crippen LogP contribution < -0.4 is 5.32 Å². The molecule has 1 heterocycles. The van der Waals surface area contributed by atoms with Crippen LogP contribution in [0.1, 0.15) is 39.5 Å². The predicted molar refractivity (Wildman–Crippen MR) is 64.1 cm³/mol. The number of carbonyl (C=O) groups excluding carboxylic acids is 1. The number of ether oxygens (including phenoxy) is 1. The SMILES string of the molecule is CCC(O)(CC)CNC(=O)C1CCC(C(=O)O)O1. The summed E-state index contributed by atoms with van der Waals surface area (Å²) in [6, 6.07) is 0. The van der Waals surface area contributed by atoms with E-state index in [2.05, 4.69) is 5.32 Å². The zero-order valence-corrected chi connectivity index (χ0v) is 10.8. The Morgan fingerprint density at radius 2 is 1.83 bits per heavy atom. The van der Waals surface area contributed by atoms with Crippen molar-refractivity contribution in [1.82, 2.24) is 5.32 Å². The Bertz CT molecular complexity index is 314. The van der Waals surface area contributed by atoms with E-state index in [-0.39, 0.29) is 12.5 Å². The molecule has 1 amide bonds. The second-order valence-corrected chi connectivity index (χ2v) is 4.68. The molecule has 0 spiro atoms. The third kappa shape index (κ3) is 3.68. The molecule has 0 aromatic heterocycles. The summed E-state index contributed by atoms with van der Waals surface area (Å²) in [5.74, 6) is -1.39. The van der Waals surface area contributed by atoms with Gasteiger partial charge in [-0.25, -0.2) is 4.79 Å². The second-order valence-electron chi connectivity index (χ2n) is 4.68. The molecule has 0 aliphatic carbocycles. The topological polar surface area (TPSA) is 95.9 Å². The third-order valence-corrected chi connectivity index (χ3v) is 3.50. The number of aliphatic carboxylic acids is 1. The van der Waals surface area contributed by atoms with E-state index in [0.717, 1.165) is 0 Å². The molecule has 0 bridgehead atoms. The predicted octanol–water partition coefficient (Wildman–Crippen LogP) is 0.286. The van der Waals surface area contributed by atoms with Crippen molar-refractivity contribution in [2.75, 3.05) is 6.54 Å². The van der Waals surface area contributed by atoms with Crippen LogP contribution in [0, 0.1) is 0 Å². The Morgan fingerprint density at radius 3 is 2.28 bits per heavy atom. The van der Waals surface area contributed by atoms with Gasteiger partial charge in [-0.1, -0.05) is 13.8 Å². The van der Waals surface area contributed by atoms with Crippen LogP contribution in [0.25, 0.3) is 0 Å². The van der Waals surface area contributed by atoms with E-state index >= 15 is 0 Å². The molecule has 2 atom stereocenters. The van der Waals surface area contributed by atoms with Crippen LogP contribution in [0.3, 0.4) is 0 Å². The highest BCUT2D eigenvalue weighted by atomic mass is 16.5. The molecule has 0 radical (unpaired) electrons. The molecule has 1 saturated heterocycles. The molecule has 104 valence electrons. The van der Waals surface area contributed by atoms with Gasteiger partial charge in [0.2, 0.25) is 5.91 Å². The number of hydrogen-bond acceptors (Lipinski definition) is 4. The fourth-order valence-corrected chi connectivity index (χ4v) is 1.88. The lowest BCUT2D eigenvalue weighted by atomic mass is 9.97. The first-order valence-electron chi connectivity index (χ1n) is 6.30. The van der Waals surface area contributed by atoms with Gasteiger partial charge in [0.1, 0.15) is 6.10 Å². The van der Waals surface area contributed by atoms with E-state index in [1.165, 1.54) is 0 Å². The lowest BCUT2D eigenvalue weighted by Gasteiger charge is -2.26. The average Bonchev–Trinajstić information content (AvgIpc) is 2.85. The van der Waals surface area contributed by atoms with E-state index < -0.39 is 23.8 Å². The van der Waals surface area contributed by atoms with Gasteiger partial charge in [0.25, 0.3) is 0 Å². The molecular weight excluding hydrogens is 238 g/mol. The minimum atomic E-state index is -1.04. The van der Waals surface area contributed by atoms with E-state index in [9.17, 15) is 14.7 Å². The van der Waals surface area contributed by atoms with Gasteiger partial charge in [-0.15, -0.1) is 0 Å². The van der Waals surface area contributed by atoms with Crippen molar-refractivity contribution in [3.05, 3.63) is 0 Å². The second kappa shape index (κ2) is 6.15. The standard InChI is InChI=1S/C12H21NO5/c1-3-12(17,4-2)7-13-10(14)8-5-6-9(18-8)11(15)16/h8-9,17H,3-7H2,1-2H3,(H,13,14)(H,15,16). The van der Waals surface area contributed by atoms with Gasteiger partial charge < -0.3 is 20.3 Å². The Morgan fingerprint density at radius 1 is 1.28 bits per heavy atom. The molecule has 0 aromatic rings. The third-order valence-electron chi connectivity index (χ3n) is 3.50. The van der Waals surface area contributed by atoms with Gasteiger partial charge in [0.05, 0.1) is 5.60 Å². The number of hydrogen-bond donors (Lipinski definition) is 3. The molecular formula is C12H21NO5. The van der Waals surface area contributed by atoms with Crippen LogP contribution >= 0.6 is 0 Å². The number of amides is 1. The molecule has 6 nitrogen and oxygen atoms in total. The molecule has 1 fully saturated rings. The molecule has 0 aromatic carbocycles. The normalized spacial score (nSPS) is 23.9. The van der Waals surface area contributed by atoms with Crippen molar-refractivity contribution in [3.8, 4) is 0 Å². The molecule has 6 heteroatoms. The number of aliphatic hydroxyl groups is 1. The lowest BCUT2D eigenvalue weighted by molar-refractivity contribution is -0.152. The van der Waals surface area contributed by atoms with Crippen LogP contribution in [-0.4, -0.2) is 46.4 Å². The van der Waals surface area contributed by atoms with Crippen molar-refractivity contribution < 1.29 is 24.5 Å². The van der Waals surface area contributed by atoms with E-state index in [4.69, 9.17) is 9.84 Å². The Balaban J connectivity index is 2.41. The molecule has 3 N–H and O–H groups in total. The smallest absolute Gasteiger partial charge is 0.332 e. The zero-order valence-electron chi connectivity index (χ0n) is 10.8. The van der Waals surface area contributed by atoms with Crippen molar-refractivity contribution in [2.45, 2.75) is 57.3 Å². The van der Waals surface area contributed by atoms with Gasteiger partial charge >= 0.3 is 5.97 Å². The summed E-state index contributed by atoms with van der Waals surface area (Å²) in [4.78, 5) is 22.4. The van der Waals surface area contributed by atoms with Crippen molar-refractivity contribution >= 4 is 11.9 Å². The number of rotatable bonds is 6. The average molecular weight is 259 g/mol. The number of carboxylic acid groups (broad SMARTS) is 1. The van der Waals surface area contributed by atoms with Crippen LogP contribution in [0.15, 0.2) is 0 Å². The van der Waals surface area contributed by atoms with E-state index in [0.29, 0.717) is 25.7 Å². The minimum Gasteiger partial charge on any atom is -0.479 e. The fraction of sp³-hybridized carbons (Fsp3) is 0.833. The molecule has 0 saturated carbocycles. The number of nitrogens with one attached hydrogen (secondary N) is 1. The first kappa shape index (κ1) is 14.9. The van der Waals surface area contributed by atoms with Crippen molar-refractivity contribution in [3.63, 3.8) is 0 Å². The first-order chi connectivity index (χ1) is 8.41. The van der Waals surface area contributed by atoms with Crippen LogP contribution in [-0.2, 0) is 14.3 Å². The van der Waals surface area contributed by atoms with E-state index in [1.807, 2.05) is 13.8 Å². The Kier molecular flexibility index (Phi) is 5.10. The summed E-state index contributed by atoms with van der Waals surface area (Å²) in [7, 11) is 0. The van der Waals surface area contributed by atoms with Crippen LogP contribution in [0.4, 0.5) is 0 Å². The van der Waals surface area contributed by atoms with Gasteiger partial charge in [-0.05, 0) is 25.7 Å². The lowest BCUT2D eigenvalue weighted by Crippen LogP contribution is -2.45. The maximum Gasteiger partial charge on any atom is 0.332 e. The van der Waals surface area contributed by atoms with Gasteiger partial charge in [0, 0.05) is 6.54 Å².